The van der Waals surface area contributed by atoms with Gasteiger partial charge in [-0.25, -0.2) is 0 Å². The van der Waals surface area contributed by atoms with Gasteiger partial charge in [0.05, 0.1) is 26.0 Å². The quantitative estimate of drug-likeness (QED) is 0.0492. The van der Waals surface area contributed by atoms with Gasteiger partial charge < -0.3 is 0 Å². The topological polar surface area (TPSA) is 24.7 Å². The molecule has 6 heteroatoms. The number of hydrogen-bond donors (Lipinski definition) is 0. The molecule has 2 aliphatic rings. The minimum atomic E-state index is 0.0357. The van der Waals surface area contributed by atoms with Crippen LogP contribution in [0.15, 0.2) is 68.7 Å². The summed E-state index contributed by atoms with van der Waals surface area (Å²) in [4.78, 5) is 6.96. The Bertz CT molecular complexity index is 2280. The third-order valence-electron chi connectivity index (χ3n) is 15.1. The number of benzene rings is 2. The van der Waals surface area contributed by atoms with Crippen LogP contribution in [0.2, 0.25) is 0 Å². The zero-order chi connectivity index (χ0) is 44.3. The lowest BCUT2D eigenvalue weighted by molar-refractivity contribution is 0.266. The molecule has 340 valence electrons. The van der Waals surface area contributed by atoms with Crippen molar-refractivity contribution in [3.8, 4) is 41.1 Å². The van der Waals surface area contributed by atoms with Crippen molar-refractivity contribution >= 4 is 56.7 Å². The number of rotatable bonds is 27. The lowest BCUT2D eigenvalue weighted by Crippen LogP contribution is -2.31. The van der Waals surface area contributed by atoms with E-state index in [1.165, 1.54) is 179 Å². The summed E-state index contributed by atoms with van der Waals surface area (Å²) >= 11 is 7.33. The van der Waals surface area contributed by atoms with Crippen LogP contribution in [0.3, 0.4) is 0 Å². The first-order chi connectivity index (χ1) is 30.9. The molecule has 0 spiro atoms. The summed E-state index contributed by atoms with van der Waals surface area (Å²) in [5.41, 5.74) is 12.9. The Balaban J connectivity index is 1.36. The Morgan fingerprint density at radius 3 is 1.63 bits per heavy atom. The molecular weight excluding hydrogens is 841 g/mol. The lowest BCUT2D eigenvalue weighted by atomic mass is 9.65. The molecule has 0 saturated carbocycles. The molecule has 4 atom stereocenters. The van der Waals surface area contributed by atoms with Gasteiger partial charge in [0.1, 0.15) is 11.4 Å². The van der Waals surface area contributed by atoms with Gasteiger partial charge in [0.25, 0.3) is 0 Å². The second-order valence-electron chi connectivity index (χ2n) is 19.3. The molecule has 0 radical (unpaired) electrons. The minimum Gasteiger partial charge on any atom is -0.171 e. The molecule has 1 aliphatic heterocycles. The summed E-state index contributed by atoms with van der Waals surface area (Å²) < 4.78 is 10.1. The van der Waals surface area contributed by atoms with Crippen molar-refractivity contribution in [3.05, 3.63) is 82.2 Å². The summed E-state index contributed by atoms with van der Waals surface area (Å²) in [6, 6.07) is 22.3. The van der Waals surface area contributed by atoms with Gasteiger partial charge in [-0.3, -0.25) is 0 Å². The van der Waals surface area contributed by atoms with Crippen molar-refractivity contribution in [1.29, 1.82) is 0 Å². The van der Waals surface area contributed by atoms with Crippen LogP contribution in [0.25, 0.3) is 41.1 Å². The molecule has 63 heavy (non-hydrogen) atoms. The maximum absolute atomic E-state index is 5.10. The fourth-order valence-corrected chi connectivity index (χ4v) is 15.4. The molecule has 5 aromatic rings. The highest BCUT2D eigenvalue weighted by atomic mass is 32.1. The highest BCUT2D eigenvalue weighted by Gasteiger charge is 2.45. The molecule has 3 aromatic heterocycles. The van der Waals surface area contributed by atoms with E-state index in [-0.39, 0.29) is 5.41 Å². The Morgan fingerprint density at radius 2 is 1.05 bits per heavy atom. The second-order valence-corrected chi connectivity index (χ2v) is 22.8. The van der Waals surface area contributed by atoms with Gasteiger partial charge in [-0.2, -0.15) is 8.73 Å². The third-order valence-corrected chi connectivity index (χ3v) is 19.3. The SMILES string of the molecule is CCCCC(CC)Cc1ccsc1-c1sc(-c2sc(-c3ccc4c(c3)C(CC(CC)CCCC)(CC(CC)CCCC)c3ccccc3-4)cc2CC(CC)CCCC)c2c1N=S=N2. The van der Waals surface area contributed by atoms with Crippen LogP contribution in [0, 0.1) is 23.7 Å². The fraction of sp³-hybridized carbons (Fsp3) is 0.579. The normalized spacial score (nSPS) is 17.1. The summed E-state index contributed by atoms with van der Waals surface area (Å²) in [5, 5.41) is 2.32. The minimum absolute atomic E-state index is 0.0357. The molecule has 0 bridgehead atoms. The van der Waals surface area contributed by atoms with Crippen molar-refractivity contribution in [2.24, 2.45) is 32.4 Å². The first-order valence-electron chi connectivity index (χ1n) is 25.6. The predicted molar refractivity (Wildman–Crippen MR) is 284 cm³/mol. The van der Waals surface area contributed by atoms with Gasteiger partial charge in [-0.15, -0.1) is 34.0 Å². The van der Waals surface area contributed by atoms with E-state index in [4.69, 9.17) is 8.73 Å². The molecule has 2 aromatic carbocycles. The molecular formula is C57H78N2S4. The molecule has 0 amide bonds. The molecule has 0 fully saturated rings. The van der Waals surface area contributed by atoms with Crippen molar-refractivity contribution in [2.45, 2.75) is 189 Å². The number of hydrogen-bond acceptors (Lipinski definition) is 5. The molecule has 0 saturated heterocycles. The largest absolute Gasteiger partial charge is 0.171 e. The summed E-state index contributed by atoms with van der Waals surface area (Å²) in [5.74, 6) is 2.86. The van der Waals surface area contributed by atoms with E-state index < -0.39 is 0 Å². The van der Waals surface area contributed by atoms with E-state index in [1.807, 2.05) is 34.0 Å². The van der Waals surface area contributed by atoms with Crippen LogP contribution >= 0.6 is 34.0 Å². The third kappa shape index (κ3) is 10.7. The van der Waals surface area contributed by atoms with Gasteiger partial charge in [0.15, 0.2) is 0 Å². The Hall–Kier alpha value is -2.64. The summed E-state index contributed by atoms with van der Waals surface area (Å²) in [6.07, 6.45) is 25.4. The number of unbranched alkanes of at least 4 members (excludes halogenated alkanes) is 4. The van der Waals surface area contributed by atoms with Crippen molar-refractivity contribution in [2.75, 3.05) is 0 Å². The number of nitrogens with zero attached hydrogens (tertiary/aromatic N) is 2. The first kappa shape index (κ1) is 48.3. The van der Waals surface area contributed by atoms with Crippen LogP contribution in [-0.2, 0) is 29.6 Å². The monoisotopic (exact) mass is 919 g/mol. The molecule has 1 aliphatic carbocycles. The predicted octanol–water partition coefficient (Wildman–Crippen LogP) is 20.6. The Labute approximate surface area is 399 Å². The van der Waals surface area contributed by atoms with E-state index in [9.17, 15) is 0 Å². The van der Waals surface area contributed by atoms with Crippen LogP contribution in [-0.4, -0.2) is 0 Å². The molecule has 4 unspecified atom stereocenters. The van der Waals surface area contributed by atoms with Gasteiger partial charge in [-0.05, 0) is 112 Å². The number of thiophene rings is 3. The Kier molecular flexibility index (Phi) is 17.8. The molecule has 2 nitrogen and oxygen atoms in total. The van der Waals surface area contributed by atoms with Crippen molar-refractivity contribution in [3.63, 3.8) is 0 Å². The maximum Gasteiger partial charge on any atom is 0.124 e. The van der Waals surface area contributed by atoms with Crippen LogP contribution in [0.1, 0.15) is 193 Å². The van der Waals surface area contributed by atoms with E-state index in [0.717, 1.165) is 42.0 Å². The van der Waals surface area contributed by atoms with Crippen molar-refractivity contribution in [1.82, 2.24) is 0 Å². The highest BCUT2D eigenvalue weighted by Crippen LogP contribution is 2.60. The molecule has 7 rings (SSSR count). The van der Waals surface area contributed by atoms with E-state index in [1.54, 1.807) is 11.1 Å². The van der Waals surface area contributed by atoms with E-state index in [0.29, 0.717) is 5.92 Å². The van der Waals surface area contributed by atoms with E-state index in [2.05, 4.69) is 115 Å². The first-order valence-corrected chi connectivity index (χ1v) is 28.8. The van der Waals surface area contributed by atoms with Crippen molar-refractivity contribution < 1.29 is 0 Å². The average molecular weight is 920 g/mol. The molecule has 4 heterocycles. The van der Waals surface area contributed by atoms with Crippen LogP contribution < -0.4 is 0 Å². The second kappa shape index (κ2) is 23.2. The zero-order valence-corrected chi connectivity index (χ0v) is 43.5. The zero-order valence-electron chi connectivity index (χ0n) is 40.3. The van der Waals surface area contributed by atoms with E-state index >= 15 is 0 Å². The highest BCUT2D eigenvalue weighted by molar-refractivity contribution is 7.58. The van der Waals surface area contributed by atoms with Gasteiger partial charge >= 0.3 is 0 Å². The smallest absolute Gasteiger partial charge is 0.124 e. The standard InChI is InChI=1S/C57H78N2S4/c1-9-17-23-39(13-5)33-44-31-32-60-53(44)55-51-52(59-63-58-51)56(62-55)54-45(34-40(14-6)24-18-10-2)36-50(61-54)43-29-30-47-46-27-21-22-28-48(46)57(49(47)35-43,37-41(15-7)25-19-11-3)38-42(16-8)26-20-12-4/h21-22,27-32,35-36,39-42H,9-20,23-26,33-34,37-38H2,1-8H3. The molecule has 0 N–H and O–H groups in total. The average Bonchev–Trinajstić information content (AvgIpc) is 4.16. The lowest BCUT2D eigenvalue weighted by Gasteiger charge is -2.38. The summed E-state index contributed by atoms with van der Waals surface area (Å²) in [7, 11) is 0. The van der Waals surface area contributed by atoms with Crippen LogP contribution in [0.5, 0.6) is 0 Å². The Morgan fingerprint density at radius 1 is 0.508 bits per heavy atom. The van der Waals surface area contributed by atoms with Crippen LogP contribution in [0.4, 0.5) is 11.4 Å². The maximum atomic E-state index is 5.10. The van der Waals surface area contributed by atoms with Gasteiger partial charge in [0.2, 0.25) is 0 Å². The van der Waals surface area contributed by atoms with Gasteiger partial charge in [0, 0.05) is 15.2 Å². The van der Waals surface area contributed by atoms with Gasteiger partial charge in [-0.1, -0.05) is 195 Å². The summed E-state index contributed by atoms with van der Waals surface area (Å²) in [6.45, 7) is 19.1. The number of fused-ring (bicyclic) bond motifs is 4. The fourth-order valence-electron chi connectivity index (χ4n) is 11.1.